The van der Waals surface area contributed by atoms with Crippen LogP contribution in [-0.2, 0) is 13.8 Å². The Labute approximate surface area is 117 Å². The van der Waals surface area contributed by atoms with Crippen molar-refractivity contribution in [3.8, 4) is 5.75 Å². The number of nitrogens with zero attached hydrogens (tertiary/aromatic N) is 2. The van der Waals surface area contributed by atoms with Gasteiger partial charge in [-0.2, -0.15) is 4.98 Å². The van der Waals surface area contributed by atoms with Crippen LogP contribution in [0.25, 0.3) is 0 Å². The fourth-order valence-electron chi connectivity index (χ4n) is 2.00. The Hall–Kier alpha value is -1.49. The summed E-state index contributed by atoms with van der Waals surface area (Å²) < 4.78 is 21.5. The van der Waals surface area contributed by atoms with Gasteiger partial charge in [0, 0.05) is 6.42 Å². The van der Waals surface area contributed by atoms with Crippen LogP contribution in [0.2, 0.25) is 0 Å². The minimum Gasteiger partial charge on any atom is -0.503 e. The van der Waals surface area contributed by atoms with Crippen molar-refractivity contribution in [1.82, 2.24) is 9.55 Å². The molecule has 1 saturated heterocycles. The van der Waals surface area contributed by atoms with Gasteiger partial charge in [0.15, 0.2) is 11.6 Å². The van der Waals surface area contributed by atoms with Crippen LogP contribution in [0.15, 0.2) is 11.0 Å². The lowest BCUT2D eigenvalue weighted by Gasteiger charge is -2.16. The highest BCUT2D eigenvalue weighted by Gasteiger charge is 2.40. The number of phosphoric acid groups is 1. The highest BCUT2D eigenvalue weighted by atomic mass is 31.2. The largest absolute Gasteiger partial charge is 0.503 e. The molecule has 2 rings (SSSR count). The molecule has 0 bridgehead atoms. The van der Waals surface area contributed by atoms with E-state index in [0.29, 0.717) is 0 Å². The molecule has 0 unspecified atom stereocenters. The predicted molar refractivity (Wildman–Crippen MR) is 67.1 cm³/mol. The van der Waals surface area contributed by atoms with E-state index in [1.54, 1.807) is 0 Å². The number of ether oxygens (including phenoxy) is 1. The molecule has 0 aliphatic carbocycles. The first-order chi connectivity index (χ1) is 9.71. The molecule has 118 valence electrons. The fourth-order valence-corrected chi connectivity index (χ4v) is 2.57. The summed E-state index contributed by atoms with van der Waals surface area (Å²) in [5.74, 6) is -0.797. The second kappa shape index (κ2) is 5.72. The lowest BCUT2D eigenvalue weighted by molar-refractivity contribution is -0.0453. The standard InChI is InChI=1S/C9H14N3O8P/c10-8-4(14)2-12(9(15)11-8)7-1-5(6(3-13)19-7)20-21(16,17)18/h2,5-7,13-14H,1,3H2,(H2,10,11,15)(H2,16,17,18)/t5-,6+,7+/m0/s1. The van der Waals surface area contributed by atoms with Crippen molar-refractivity contribution in [3.05, 3.63) is 16.7 Å². The van der Waals surface area contributed by atoms with Gasteiger partial charge in [-0.1, -0.05) is 0 Å². The van der Waals surface area contributed by atoms with Gasteiger partial charge < -0.3 is 30.5 Å². The Kier molecular flexibility index (Phi) is 4.33. The van der Waals surface area contributed by atoms with Crippen LogP contribution in [-0.4, -0.2) is 48.4 Å². The number of aliphatic hydroxyl groups is 1. The molecule has 21 heavy (non-hydrogen) atoms. The van der Waals surface area contributed by atoms with Gasteiger partial charge in [0.25, 0.3) is 0 Å². The summed E-state index contributed by atoms with van der Waals surface area (Å²) in [5.41, 5.74) is 4.45. The van der Waals surface area contributed by atoms with E-state index < -0.39 is 44.3 Å². The molecule has 12 heteroatoms. The molecule has 0 amide bonds. The SMILES string of the molecule is Nc1nc(=O)n([C@H]2C[C@H](OP(=O)(O)O)[C@@H](CO)O2)cc1O. The van der Waals surface area contributed by atoms with Gasteiger partial charge >= 0.3 is 13.5 Å². The molecule has 1 aliphatic rings. The smallest absolute Gasteiger partial charge is 0.469 e. The number of phosphoric ester groups is 1. The number of aromatic nitrogens is 2. The highest BCUT2D eigenvalue weighted by Crippen LogP contribution is 2.43. The predicted octanol–water partition coefficient (Wildman–Crippen LogP) is -1.71. The van der Waals surface area contributed by atoms with Crippen LogP contribution in [0.4, 0.5) is 5.82 Å². The van der Waals surface area contributed by atoms with Gasteiger partial charge in [-0.25, -0.2) is 9.36 Å². The van der Waals surface area contributed by atoms with Crippen LogP contribution in [0.3, 0.4) is 0 Å². The fraction of sp³-hybridized carbons (Fsp3) is 0.556. The lowest BCUT2D eigenvalue weighted by atomic mass is 10.2. The molecule has 11 nitrogen and oxygen atoms in total. The second-order valence-electron chi connectivity index (χ2n) is 4.38. The Morgan fingerprint density at radius 3 is 2.81 bits per heavy atom. The molecule has 0 aromatic carbocycles. The van der Waals surface area contributed by atoms with Crippen molar-refractivity contribution >= 4 is 13.6 Å². The monoisotopic (exact) mass is 323 g/mol. The average molecular weight is 323 g/mol. The van der Waals surface area contributed by atoms with E-state index in [9.17, 15) is 14.5 Å². The number of anilines is 1. The van der Waals surface area contributed by atoms with Crippen LogP contribution >= 0.6 is 7.82 Å². The summed E-state index contributed by atoms with van der Waals surface area (Å²) in [6, 6.07) is 0. The van der Waals surface area contributed by atoms with Crippen molar-refractivity contribution in [3.63, 3.8) is 0 Å². The zero-order chi connectivity index (χ0) is 15.8. The molecule has 3 atom stereocenters. The minimum absolute atomic E-state index is 0.124. The molecule has 0 spiro atoms. The first-order valence-electron chi connectivity index (χ1n) is 5.79. The van der Waals surface area contributed by atoms with Crippen LogP contribution in [0, 0.1) is 0 Å². The van der Waals surface area contributed by atoms with Crippen LogP contribution in [0.5, 0.6) is 5.75 Å². The van der Waals surface area contributed by atoms with Crippen molar-refractivity contribution in [2.24, 2.45) is 0 Å². The molecule has 6 N–H and O–H groups in total. The molecule has 0 radical (unpaired) electrons. The van der Waals surface area contributed by atoms with E-state index in [-0.39, 0.29) is 12.2 Å². The van der Waals surface area contributed by atoms with Gasteiger partial charge in [-0.15, -0.1) is 0 Å². The molecule has 1 fully saturated rings. The molecule has 1 aliphatic heterocycles. The van der Waals surface area contributed by atoms with Crippen molar-refractivity contribution in [1.29, 1.82) is 0 Å². The normalized spacial score (nSPS) is 26.1. The Morgan fingerprint density at radius 2 is 2.24 bits per heavy atom. The average Bonchev–Trinajstić information content (AvgIpc) is 2.74. The third-order valence-electron chi connectivity index (χ3n) is 2.90. The molecule has 2 heterocycles. The van der Waals surface area contributed by atoms with E-state index >= 15 is 0 Å². The van der Waals surface area contributed by atoms with E-state index in [1.165, 1.54) is 0 Å². The number of nitrogens with two attached hydrogens (primary N) is 1. The zero-order valence-corrected chi connectivity index (χ0v) is 11.5. The zero-order valence-electron chi connectivity index (χ0n) is 10.6. The van der Waals surface area contributed by atoms with Crippen LogP contribution < -0.4 is 11.4 Å². The summed E-state index contributed by atoms with van der Waals surface area (Å²) in [7, 11) is -4.78. The number of aliphatic hydroxyl groups excluding tert-OH is 1. The van der Waals surface area contributed by atoms with Crippen molar-refractivity contribution in [2.75, 3.05) is 12.3 Å². The Morgan fingerprint density at radius 1 is 1.57 bits per heavy atom. The summed E-state index contributed by atoms with van der Waals surface area (Å²) >= 11 is 0. The Bertz CT molecular complexity index is 628. The van der Waals surface area contributed by atoms with Gasteiger partial charge in [-0.05, 0) is 0 Å². The number of rotatable bonds is 4. The topological polar surface area (TPSA) is 177 Å². The molecule has 1 aromatic heterocycles. The maximum Gasteiger partial charge on any atom is 0.469 e. The van der Waals surface area contributed by atoms with Crippen molar-refractivity contribution < 1.29 is 33.8 Å². The first-order valence-corrected chi connectivity index (χ1v) is 7.32. The molecule has 0 saturated carbocycles. The second-order valence-corrected chi connectivity index (χ2v) is 5.58. The number of nitrogen functional groups attached to an aromatic ring is 1. The van der Waals surface area contributed by atoms with E-state index in [2.05, 4.69) is 9.51 Å². The maximum absolute atomic E-state index is 11.7. The maximum atomic E-state index is 11.7. The van der Waals surface area contributed by atoms with E-state index in [0.717, 1.165) is 10.8 Å². The summed E-state index contributed by atoms with van der Waals surface area (Å²) in [6.07, 6.45) is -2.29. The number of hydrogen-bond donors (Lipinski definition) is 5. The number of hydrogen-bond acceptors (Lipinski definition) is 8. The van der Waals surface area contributed by atoms with Gasteiger partial charge in [0.05, 0.1) is 12.8 Å². The van der Waals surface area contributed by atoms with Gasteiger partial charge in [0.2, 0.25) is 0 Å². The quantitative estimate of drug-likeness (QED) is 0.401. The van der Waals surface area contributed by atoms with E-state index in [4.69, 9.17) is 25.4 Å². The summed E-state index contributed by atoms with van der Waals surface area (Å²) in [6.45, 7) is -0.565. The highest BCUT2D eigenvalue weighted by molar-refractivity contribution is 7.46. The third kappa shape index (κ3) is 3.59. The lowest BCUT2D eigenvalue weighted by Crippen LogP contribution is -2.28. The summed E-state index contributed by atoms with van der Waals surface area (Å²) in [4.78, 5) is 32.7. The number of aromatic hydroxyl groups is 1. The first kappa shape index (κ1) is 15.9. The minimum atomic E-state index is -4.78. The molecular weight excluding hydrogens is 309 g/mol. The molecular formula is C9H14N3O8P. The summed E-state index contributed by atoms with van der Waals surface area (Å²) in [5, 5.41) is 18.6. The van der Waals surface area contributed by atoms with E-state index in [1.807, 2.05) is 0 Å². The van der Waals surface area contributed by atoms with Gasteiger partial charge in [-0.3, -0.25) is 9.09 Å². The van der Waals surface area contributed by atoms with Crippen LogP contribution in [0.1, 0.15) is 12.6 Å². The molecule has 1 aromatic rings. The van der Waals surface area contributed by atoms with Crippen molar-refractivity contribution in [2.45, 2.75) is 24.9 Å². The van der Waals surface area contributed by atoms with Gasteiger partial charge in [0.1, 0.15) is 18.4 Å². The third-order valence-corrected chi connectivity index (χ3v) is 3.45. The Balaban J connectivity index is 2.25.